The van der Waals surface area contributed by atoms with Gasteiger partial charge < -0.3 is 10.2 Å². The maximum absolute atomic E-state index is 14.6. The van der Waals surface area contributed by atoms with Gasteiger partial charge in [0.15, 0.2) is 0 Å². The van der Waals surface area contributed by atoms with Gasteiger partial charge in [-0.3, -0.25) is 13.9 Å². The van der Waals surface area contributed by atoms with Crippen molar-refractivity contribution in [3.8, 4) is 0 Å². The predicted octanol–water partition coefficient (Wildman–Crippen LogP) is 7.20. The van der Waals surface area contributed by atoms with Crippen molar-refractivity contribution < 1.29 is 18.0 Å². The van der Waals surface area contributed by atoms with Gasteiger partial charge in [0.25, 0.3) is 10.0 Å². The lowest BCUT2D eigenvalue weighted by Gasteiger charge is -2.34. The summed E-state index contributed by atoms with van der Waals surface area (Å²) in [7, 11) is -4.21. The van der Waals surface area contributed by atoms with Crippen molar-refractivity contribution in [2.75, 3.05) is 10.8 Å². The summed E-state index contributed by atoms with van der Waals surface area (Å²) >= 11 is 12.2. The Morgan fingerprint density at radius 1 is 0.826 bits per heavy atom. The number of carbonyl (C=O) groups is 2. The first-order valence-electron chi connectivity index (χ1n) is 15.3. The molecule has 0 spiro atoms. The van der Waals surface area contributed by atoms with Gasteiger partial charge in [0.1, 0.15) is 12.6 Å². The number of carbonyl (C=O) groups excluding carboxylic acids is 2. The molecule has 1 saturated carbocycles. The Hall–Kier alpha value is -3.85. The van der Waals surface area contributed by atoms with Gasteiger partial charge in [-0.15, -0.1) is 0 Å². The molecule has 46 heavy (non-hydrogen) atoms. The molecular formula is C36H37Cl2N3O4S. The van der Waals surface area contributed by atoms with Crippen LogP contribution < -0.4 is 9.62 Å². The number of rotatable bonds is 12. The number of sulfonamides is 1. The van der Waals surface area contributed by atoms with E-state index in [0.717, 1.165) is 46.7 Å². The van der Waals surface area contributed by atoms with Gasteiger partial charge in [-0.05, 0) is 85.0 Å². The van der Waals surface area contributed by atoms with E-state index >= 15 is 0 Å². The normalized spacial score (nSPS) is 14.1. The molecule has 10 heteroatoms. The number of amides is 2. The highest BCUT2D eigenvalue weighted by molar-refractivity contribution is 7.92. The van der Waals surface area contributed by atoms with E-state index in [9.17, 15) is 18.0 Å². The predicted molar refractivity (Wildman–Crippen MR) is 183 cm³/mol. The number of hydrogen-bond acceptors (Lipinski definition) is 4. The van der Waals surface area contributed by atoms with Gasteiger partial charge in [0.2, 0.25) is 11.8 Å². The lowest BCUT2D eigenvalue weighted by atomic mass is 10.0. The first-order valence-corrected chi connectivity index (χ1v) is 17.5. The molecule has 0 unspecified atom stereocenters. The van der Waals surface area contributed by atoms with Crippen LogP contribution in [0.4, 0.5) is 5.69 Å². The summed E-state index contributed by atoms with van der Waals surface area (Å²) in [5, 5.41) is 4.12. The summed E-state index contributed by atoms with van der Waals surface area (Å²) in [6.45, 7) is 1.41. The molecule has 0 aliphatic heterocycles. The molecule has 0 aromatic heterocycles. The zero-order valence-corrected chi connectivity index (χ0v) is 27.9. The van der Waals surface area contributed by atoms with Crippen molar-refractivity contribution >= 4 is 50.7 Å². The zero-order valence-electron chi connectivity index (χ0n) is 25.6. The Morgan fingerprint density at radius 3 is 2.09 bits per heavy atom. The van der Waals surface area contributed by atoms with Crippen LogP contribution in [-0.2, 0) is 32.6 Å². The minimum absolute atomic E-state index is 0.00438. The van der Waals surface area contributed by atoms with Gasteiger partial charge >= 0.3 is 0 Å². The average molecular weight is 679 g/mol. The summed E-state index contributed by atoms with van der Waals surface area (Å²) in [5.74, 6) is -0.780. The molecule has 0 bridgehead atoms. The first kappa shape index (κ1) is 33.5. The van der Waals surface area contributed by atoms with Crippen LogP contribution in [0.1, 0.15) is 42.4 Å². The fourth-order valence-electron chi connectivity index (χ4n) is 5.75. The Morgan fingerprint density at radius 2 is 1.46 bits per heavy atom. The van der Waals surface area contributed by atoms with Crippen molar-refractivity contribution in [3.63, 3.8) is 0 Å². The largest absolute Gasteiger partial charge is 0.352 e. The maximum Gasteiger partial charge on any atom is 0.264 e. The van der Waals surface area contributed by atoms with Crippen LogP contribution in [0.15, 0.2) is 108 Å². The van der Waals surface area contributed by atoms with Gasteiger partial charge in [-0.25, -0.2) is 8.42 Å². The molecule has 0 radical (unpaired) electrons. The van der Waals surface area contributed by atoms with Crippen molar-refractivity contribution in [1.82, 2.24) is 10.2 Å². The third-order valence-corrected chi connectivity index (χ3v) is 10.5. The Balaban J connectivity index is 1.56. The molecule has 1 aliphatic rings. The second kappa shape index (κ2) is 15.2. The molecule has 1 atom stereocenters. The van der Waals surface area contributed by atoms with E-state index in [1.54, 1.807) is 42.5 Å². The number of hydrogen-bond donors (Lipinski definition) is 1. The summed E-state index contributed by atoms with van der Waals surface area (Å²) in [6.07, 6.45) is 4.10. The van der Waals surface area contributed by atoms with Crippen LogP contribution in [-0.4, -0.2) is 43.8 Å². The molecule has 240 valence electrons. The average Bonchev–Trinajstić information content (AvgIpc) is 3.56. The zero-order chi connectivity index (χ0) is 32.7. The number of benzene rings is 4. The molecule has 4 aromatic carbocycles. The fourth-order valence-corrected chi connectivity index (χ4v) is 7.41. The number of nitrogens with zero attached hydrogens (tertiary/aromatic N) is 2. The van der Waals surface area contributed by atoms with E-state index < -0.39 is 28.5 Å². The maximum atomic E-state index is 14.6. The van der Waals surface area contributed by atoms with E-state index in [2.05, 4.69) is 5.32 Å². The molecule has 0 heterocycles. The van der Waals surface area contributed by atoms with Crippen LogP contribution in [0.3, 0.4) is 0 Å². The van der Waals surface area contributed by atoms with Gasteiger partial charge in [0, 0.05) is 29.1 Å². The van der Waals surface area contributed by atoms with Gasteiger partial charge in [-0.1, -0.05) is 90.6 Å². The smallest absolute Gasteiger partial charge is 0.264 e. The Labute approximate surface area is 281 Å². The third-order valence-electron chi connectivity index (χ3n) is 8.21. The minimum Gasteiger partial charge on any atom is -0.352 e. The molecule has 2 amide bonds. The van der Waals surface area contributed by atoms with Crippen molar-refractivity contribution in [2.24, 2.45) is 0 Å². The van der Waals surface area contributed by atoms with Crippen LogP contribution in [0, 0.1) is 6.92 Å². The monoisotopic (exact) mass is 677 g/mol. The van der Waals surface area contributed by atoms with E-state index in [0.29, 0.717) is 15.7 Å². The van der Waals surface area contributed by atoms with Crippen LogP contribution in [0.5, 0.6) is 0 Å². The molecular weight excluding hydrogens is 641 g/mol. The van der Waals surface area contributed by atoms with Crippen molar-refractivity contribution in [2.45, 2.75) is 62.6 Å². The fraction of sp³-hybridized carbons (Fsp3) is 0.278. The Bertz CT molecular complexity index is 1740. The van der Waals surface area contributed by atoms with Crippen LogP contribution in [0.25, 0.3) is 0 Å². The topological polar surface area (TPSA) is 86.8 Å². The van der Waals surface area contributed by atoms with Gasteiger partial charge in [-0.2, -0.15) is 0 Å². The lowest BCUT2D eigenvalue weighted by molar-refractivity contribution is -0.140. The Kier molecular flexibility index (Phi) is 11.0. The molecule has 1 N–H and O–H groups in total. The summed E-state index contributed by atoms with van der Waals surface area (Å²) in [5.41, 5.74) is 2.81. The second-order valence-corrected chi connectivity index (χ2v) is 14.4. The van der Waals surface area contributed by atoms with Crippen LogP contribution >= 0.6 is 23.2 Å². The minimum atomic E-state index is -4.21. The first-order chi connectivity index (χ1) is 22.1. The quantitative estimate of drug-likeness (QED) is 0.172. The molecule has 0 saturated heterocycles. The number of nitrogens with one attached hydrogen (secondary N) is 1. The summed E-state index contributed by atoms with van der Waals surface area (Å²) < 4.78 is 29.4. The number of anilines is 1. The molecule has 1 fully saturated rings. The standard InChI is InChI=1S/C36H37Cl2N3O4S/c1-26-8-7-13-32(22-26)41(46(44,45)33-20-18-30(38)19-21-33)25-35(42)40(24-28-14-16-29(37)17-15-28)34(23-27-9-3-2-4-10-27)36(43)39-31-11-5-6-12-31/h2-4,7-10,13-22,31,34H,5-6,11-12,23-25H2,1H3,(H,39,43)/t34-/m0/s1. The number of aryl methyl sites for hydroxylation is 1. The van der Waals surface area contributed by atoms with E-state index in [1.807, 2.05) is 43.3 Å². The summed E-state index contributed by atoms with van der Waals surface area (Å²) in [4.78, 5) is 30.2. The molecule has 4 aromatic rings. The van der Waals surface area contributed by atoms with E-state index in [-0.39, 0.29) is 29.8 Å². The number of halogens is 2. The molecule has 7 nitrogen and oxygen atoms in total. The second-order valence-electron chi connectivity index (χ2n) is 11.6. The van der Waals surface area contributed by atoms with Gasteiger partial charge in [0.05, 0.1) is 10.6 Å². The van der Waals surface area contributed by atoms with E-state index in [4.69, 9.17) is 23.2 Å². The highest BCUT2D eigenvalue weighted by Gasteiger charge is 2.35. The summed E-state index contributed by atoms with van der Waals surface area (Å²) in [6, 6.07) is 28.6. The van der Waals surface area contributed by atoms with E-state index in [1.165, 1.54) is 29.2 Å². The van der Waals surface area contributed by atoms with Crippen molar-refractivity contribution in [1.29, 1.82) is 0 Å². The highest BCUT2D eigenvalue weighted by Crippen LogP contribution is 2.27. The molecule has 1 aliphatic carbocycles. The third kappa shape index (κ3) is 8.49. The molecule has 5 rings (SSSR count). The lowest BCUT2D eigenvalue weighted by Crippen LogP contribution is -2.54. The van der Waals surface area contributed by atoms with Crippen molar-refractivity contribution in [3.05, 3.63) is 130 Å². The van der Waals surface area contributed by atoms with Crippen LogP contribution in [0.2, 0.25) is 10.0 Å². The highest BCUT2D eigenvalue weighted by atomic mass is 35.5. The SMILES string of the molecule is Cc1cccc(N(CC(=O)N(Cc2ccc(Cl)cc2)[C@@H](Cc2ccccc2)C(=O)NC2CCCC2)S(=O)(=O)c2ccc(Cl)cc2)c1.